The number of amides is 2. The van der Waals surface area contributed by atoms with Crippen LogP contribution in [0.2, 0.25) is 0 Å². The second-order valence-electron chi connectivity index (χ2n) is 5.88. The number of carbonyl (C=O) groups excluding carboxylic acids is 2. The Labute approximate surface area is 177 Å². The zero-order valence-corrected chi connectivity index (χ0v) is 16.3. The van der Waals surface area contributed by atoms with Crippen molar-refractivity contribution in [2.24, 2.45) is 0 Å². The van der Waals surface area contributed by atoms with Gasteiger partial charge in [0.05, 0.1) is 9.75 Å². The molecule has 0 radical (unpaired) electrons. The number of benzene rings is 2. The number of thiophene rings is 1. The second kappa shape index (κ2) is 9.94. The van der Waals surface area contributed by atoms with Crippen molar-refractivity contribution in [1.82, 2.24) is 0 Å². The average Bonchev–Trinajstić information content (AvgIpc) is 3.21. The van der Waals surface area contributed by atoms with Crippen molar-refractivity contribution >= 4 is 34.5 Å². The number of anilines is 2. The van der Waals surface area contributed by atoms with Gasteiger partial charge in [-0.25, -0.2) is 0 Å². The fourth-order valence-electron chi connectivity index (χ4n) is 2.41. The zero-order chi connectivity index (χ0) is 22.4. The van der Waals surface area contributed by atoms with Crippen LogP contribution in [0.5, 0.6) is 11.5 Å². The first-order valence-electron chi connectivity index (χ1n) is 8.62. The Morgan fingerprint density at radius 2 is 1.00 bits per heavy atom. The van der Waals surface area contributed by atoms with Gasteiger partial charge in [-0.05, 0) is 60.7 Å². The Balaban J connectivity index is 1.58. The highest BCUT2D eigenvalue weighted by Gasteiger charge is 2.15. The maximum absolute atomic E-state index is 12.3. The molecule has 2 aromatic carbocycles. The molecule has 2 N–H and O–H groups in total. The third-order valence-electron chi connectivity index (χ3n) is 3.73. The molecule has 3 rings (SSSR count). The molecule has 2 amide bonds. The highest BCUT2D eigenvalue weighted by atomic mass is 32.1. The largest absolute Gasteiger partial charge is 0.435 e. The Morgan fingerprint density at radius 3 is 1.32 bits per heavy atom. The predicted molar refractivity (Wildman–Crippen MR) is 106 cm³/mol. The van der Waals surface area contributed by atoms with Crippen LogP contribution >= 0.6 is 11.3 Å². The molecule has 3 aromatic rings. The summed E-state index contributed by atoms with van der Waals surface area (Å²) in [5, 5.41) is 5.17. The van der Waals surface area contributed by atoms with Gasteiger partial charge in [-0.1, -0.05) is 0 Å². The summed E-state index contributed by atoms with van der Waals surface area (Å²) in [6.45, 7) is -5.89. The van der Waals surface area contributed by atoms with Crippen molar-refractivity contribution in [3.63, 3.8) is 0 Å². The van der Waals surface area contributed by atoms with Crippen LogP contribution in [0.4, 0.5) is 28.9 Å². The average molecular weight is 454 g/mol. The van der Waals surface area contributed by atoms with E-state index in [0.717, 1.165) is 11.3 Å². The third-order valence-corrected chi connectivity index (χ3v) is 4.81. The number of ether oxygens (including phenoxy) is 2. The second-order valence-corrected chi connectivity index (χ2v) is 6.96. The van der Waals surface area contributed by atoms with E-state index in [4.69, 9.17) is 0 Å². The summed E-state index contributed by atoms with van der Waals surface area (Å²) in [6, 6.07) is 13.7. The van der Waals surface area contributed by atoms with Gasteiger partial charge in [0.15, 0.2) is 0 Å². The molecule has 31 heavy (non-hydrogen) atoms. The zero-order valence-electron chi connectivity index (χ0n) is 15.5. The van der Waals surface area contributed by atoms with Crippen molar-refractivity contribution in [2.75, 3.05) is 10.6 Å². The number of carbonyl (C=O) groups is 2. The van der Waals surface area contributed by atoms with Crippen LogP contribution in [0.1, 0.15) is 19.3 Å². The van der Waals surface area contributed by atoms with Crippen LogP contribution in [0.15, 0.2) is 60.7 Å². The van der Waals surface area contributed by atoms with Crippen molar-refractivity contribution < 1.29 is 36.6 Å². The summed E-state index contributed by atoms with van der Waals surface area (Å²) in [6.07, 6.45) is 0. The van der Waals surface area contributed by atoms with Crippen LogP contribution < -0.4 is 20.1 Å². The van der Waals surface area contributed by atoms with Gasteiger partial charge in [-0.2, -0.15) is 17.6 Å². The molecule has 0 fully saturated rings. The number of halogens is 4. The molecule has 11 heteroatoms. The van der Waals surface area contributed by atoms with Gasteiger partial charge in [0, 0.05) is 11.4 Å². The molecule has 0 aliphatic rings. The van der Waals surface area contributed by atoms with Crippen LogP contribution in [-0.4, -0.2) is 25.0 Å². The van der Waals surface area contributed by atoms with Gasteiger partial charge in [-0.3, -0.25) is 9.59 Å². The molecule has 162 valence electrons. The highest BCUT2D eigenvalue weighted by molar-refractivity contribution is 7.16. The lowest BCUT2D eigenvalue weighted by Gasteiger charge is -2.07. The SMILES string of the molecule is O=C(Nc1ccc(OC(F)F)cc1)c1ccc(C(=O)Nc2ccc(OC(F)F)cc2)s1. The Kier molecular flexibility index (Phi) is 7.08. The minimum Gasteiger partial charge on any atom is -0.435 e. The molecule has 1 aromatic heterocycles. The van der Waals surface area contributed by atoms with Gasteiger partial charge in [0.25, 0.3) is 11.8 Å². The van der Waals surface area contributed by atoms with Crippen molar-refractivity contribution in [1.29, 1.82) is 0 Å². The fraction of sp³-hybridized carbons (Fsp3) is 0.100. The van der Waals surface area contributed by atoms with E-state index < -0.39 is 25.0 Å². The van der Waals surface area contributed by atoms with E-state index in [1.807, 2.05) is 0 Å². The Hall–Kier alpha value is -3.60. The number of rotatable bonds is 8. The van der Waals surface area contributed by atoms with Crippen molar-refractivity contribution in [3.05, 3.63) is 70.4 Å². The number of hydrogen-bond donors (Lipinski definition) is 2. The van der Waals surface area contributed by atoms with E-state index in [9.17, 15) is 27.2 Å². The minimum atomic E-state index is -2.94. The molecule has 0 bridgehead atoms. The van der Waals surface area contributed by atoms with E-state index in [1.165, 1.54) is 60.7 Å². The third kappa shape index (κ3) is 6.44. The van der Waals surface area contributed by atoms with Crippen LogP contribution in [0.3, 0.4) is 0 Å². The fourth-order valence-corrected chi connectivity index (χ4v) is 3.20. The maximum atomic E-state index is 12.3. The lowest BCUT2D eigenvalue weighted by molar-refractivity contribution is -0.0505. The monoisotopic (exact) mass is 454 g/mol. The molecule has 0 aliphatic carbocycles. The van der Waals surface area contributed by atoms with E-state index in [0.29, 0.717) is 11.4 Å². The van der Waals surface area contributed by atoms with Gasteiger partial charge < -0.3 is 20.1 Å². The summed E-state index contributed by atoms with van der Waals surface area (Å²) in [5.74, 6) is -1.06. The normalized spacial score (nSPS) is 10.8. The predicted octanol–water partition coefficient (Wildman–Crippen LogP) is 5.46. The first-order chi connectivity index (χ1) is 14.8. The molecule has 6 nitrogen and oxygen atoms in total. The lowest BCUT2D eigenvalue weighted by atomic mass is 10.3. The first kappa shape index (κ1) is 22.1. The first-order valence-corrected chi connectivity index (χ1v) is 9.44. The van der Waals surface area contributed by atoms with Gasteiger partial charge in [-0.15, -0.1) is 11.3 Å². The van der Waals surface area contributed by atoms with Crippen LogP contribution in [0.25, 0.3) is 0 Å². The van der Waals surface area contributed by atoms with E-state index in [2.05, 4.69) is 20.1 Å². The molecule has 0 unspecified atom stereocenters. The smallest absolute Gasteiger partial charge is 0.387 e. The van der Waals surface area contributed by atoms with Crippen LogP contribution in [0, 0.1) is 0 Å². The van der Waals surface area contributed by atoms with Crippen LogP contribution in [-0.2, 0) is 0 Å². The molecule has 0 saturated carbocycles. The van der Waals surface area contributed by atoms with E-state index >= 15 is 0 Å². The molecule has 0 aliphatic heterocycles. The van der Waals surface area contributed by atoms with Crippen molar-refractivity contribution in [2.45, 2.75) is 13.2 Å². The minimum absolute atomic E-state index is 0.0446. The number of nitrogens with one attached hydrogen (secondary N) is 2. The molecular weight excluding hydrogens is 440 g/mol. The van der Waals surface area contributed by atoms with Gasteiger partial charge >= 0.3 is 13.2 Å². The molecule has 1 heterocycles. The van der Waals surface area contributed by atoms with Gasteiger partial charge in [0.2, 0.25) is 0 Å². The van der Waals surface area contributed by atoms with Crippen molar-refractivity contribution in [3.8, 4) is 11.5 Å². The molecule has 0 spiro atoms. The van der Waals surface area contributed by atoms with E-state index in [-0.39, 0.29) is 21.3 Å². The topological polar surface area (TPSA) is 76.7 Å². The highest BCUT2D eigenvalue weighted by Crippen LogP contribution is 2.23. The quantitative estimate of drug-likeness (QED) is 0.444. The molecule has 0 saturated heterocycles. The molecular formula is C20H14F4N2O4S. The van der Waals surface area contributed by atoms with E-state index in [1.54, 1.807) is 0 Å². The summed E-state index contributed by atoms with van der Waals surface area (Å²) < 4.78 is 57.1. The maximum Gasteiger partial charge on any atom is 0.387 e. The standard InChI is InChI=1S/C20H14F4N2O4S/c21-19(22)29-13-5-1-11(2-6-13)25-17(27)15-9-10-16(31-15)18(28)26-12-3-7-14(8-4-12)30-20(23)24/h1-10,19-20H,(H,25,27)(H,26,28). The number of alkyl halides is 4. The Bertz CT molecular complexity index is 958. The summed E-state index contributed by atoms with van der Waals surface area (Å²) in [4.78, 5) is 25.2. The van der Waals surface area contributed by atoms with Gasteiger partial charge in [0.1, 0.15) is 11.5 Å². The summed E-state index contributed by atoms with van der Waals surface area (Å²) in [7, 11) is 0. The number of hydrogen-bond acceptors (Lipinski definition) is 5. The Morgan fingerprint density at radius 1 is 0.645 bits per heavy atom. The lowest BCUT2D eigenvalue weighted by Crippen LogP contribution is -2.11. The summed E-state index contributed by atoms with van der Waals surface area (Å²) in [5.41, 5.74) is 0.717. The molecule has 0 atom stereocenters. The summed E-state index contributed by atoms with van der Waals surface area (Å²) >= 11 is 0.939.